The summed E-state index contributed by atoms with van der Waals surface area (Å²) >= 11 is 0. The highest BCUT2D eigenvalue weighted by Gasteiger charge is 2.29. The number of hydrogen-bond donors (Lipinski definition) is 1. The fraction of sp³-hybridized carbons (Fsp3) is 0.304. The zero-order valence-electron chi connectivity index (χ0n) is 16.7. The number of urea groups is 1. The predicted molar refractivity (Wildman–Crippen MR) is 112 cm³/mol. The zero-order chi connectivity index (χ0) is 20.8. The van der Waals surface area contributed by atoms with E-state index in [2.05, 4.69) is 15.2 Å². The summed E-state index contributed by atoms with van der Waals surface area (Å²) in [4.78, 5) is 21.3. The van der Waals surface area contributed by atoms with E-state index in [-0.39, 0.29) is 17.9 Å². The van der Waals surface area contributed by atoms with Crippen LogP contribution in [0.5, 0.6) is 0 Å². The van der Waals surface area contributed by atoms with Crippen LogP contribution in [-0.4, -0.2) is 39.9 Å². The Hall–Kier alpha value is -3.19. The van der Waals surface area contributed by atoms with Crippen molar-refractivity contribution >= 4 is 11.7 Å². The number of carbonyl (C=O) groups excluding carboxylic acids is 1. The molecule has 0 spiro atoms. The molecule has 30 heavy (non-hydrogen) atoms. The van der Waals surface area contributed by atoms with Crippen LogP contribution in [0.3, 0.4) is 0 Å². The van der Waals surface area contributed by atoms with Crippen LogP contribution in [0.25, 0.3) is 0 Å². The van der Waals surface area contributed by atoms with Gasteiger partial charge in [-0.05, 0) is 60.9 Å². The second-order valence-electron chi connectivity index (χ2n) is 7.51. The Morgan fingerprint density at radius 2 is 1.97 bits per heavy atom. The van der Waals surface area contributed by atoms with Gasteiger partial charge in [0.2, 0.25) is 0 Å². The molecule has 1 saturated heterocycles. The van der Waals surface area contributed by atoms with Gasteiger partial charge in [-0.2, -0.15) is 0 Å². The molecule has 1 aromatic carbocycles. The second-order valence-corrected chi connectivity index (χ2v) is 7.51. The van der Waals surface area contributed by atoms with Gasteiger partial charge in [-0.1, -0.05) is 6.07 Å². The predicted octanol–water partition coefficient (Wildman–Crippen LogP) is 4.51. The fourth-order valence-electron chi connectivity index (χ4n) is 3.83. The summed E-state index contributed by atoms with van der Waals surface area (Å²) in [5, 5.41) is 2.83. The lowest BCUT2D eigenvalue weighted by molar-refractivity contribution is 0.115. The number of rotatable bonds is 6. The molecule has 2 aromatic heterocycles. The first kappa shape index (κ1) is 20.1. The number of nitrogens with one attached hydrogen (secondary N) is 1. The van der Waals surface area contributed by atoms with E-state index in [0.29, 0.717) is 12.2 Å². The first-order valence-electron chi connectivity index (χ1n) is 10.1. The first-order valence-corrected chi connectivity index (χ1v) is 10.1. The molecule has 0 radical (unpaired) electrons. The fourth-order valence-corrected chi connectivity index (χ4v) is 3.83. The Kier molecular flexibility index (Phi) is 6.39. The lowest BCUT2D eigenvalue weighted by atomic mass is 10.0. The van der Waals surface area contributed by atoms with Gasteiger partial charge in [0.15, 0.2) is 0 Å². The van der Waals surface area contributed by atoms with Crippen LogP contribution in [0.2, 0.25) is 0 Å². The third kappa shape index (κ3) is 5.24. The minimum atomic E-state index is -0.380. The molecule has 3 aromatic rings. The highest BCUT2D eigenvalue weighted by atomic mass is 19.1. The van der Waals surface area contributed by atoms with Gasteiger partial charge < -0.3 is 14.6 Å². The van der Waals surface area contributed by atoms with E-state index < -0.39 is 0 Å². The summed E-state index contributed by atoms with van der Waals surface area (Å²) in [6.45, 7) is 3.05. The smallest absolute Gasteiger partial charge is 0.322 e. The van der Waals surface area contributed by atoms with Gasteiger partial charge in [0.05, 0.1) is 12.8 Å². The van der Waals surface area contributed by atoms with Crippen molar-refractivity contribution in [3.63, 3.8) is 0 Å². The Labute approximate surface area is 175 Å². The van der Waals surface area contributed by atoms with Gasteiger partial charge in [0, 0.05) is 43.8 Å². The highest BCUT2D eigenvalue weighted by Crippen LogP contribution is 2.22. The third-order valence-corrected chi connectivity index (χ3v) is 5.40. The lowest BCUT2D eigenvalue weighted by Crippen LogP contribution is -2.48. The van der Waals surface area contributed by atoms with Crippen molar-refractivity contribution in [2.75, 3.05) is 18.4 Å². The Morgan fingerprint density at radius 1 is 1.17 bits per heavy atom. The van der Waals surface area contributed by atoms with E-state index in [1.807, 2.05) is 36.7 Å². The summed E-state index contributed by atoms with van der Waals surface area (Å²) in [5.74, 6) is 0.346. The van der Waals surface area contributed by atoms with Crippen molar-refractivity contribution in [1.82, 2.24) is 14.8 Å². The Bertz CT molecular complexity index is 941. The molecule has 1 N–H and O–H groups in total. The number of halogens is 1. The van der Waals surface area contributed by atoms with Crippen molar-refractivity contribution in [2.45, 2.75) is 32.0 Å². The average Bonchev–Trinajstić information content (AvgIpc) is 3.27. The largest absolute Gasteiger partial charge is 0.467 e. The molecule has 0 unspecified atom stereocenters. The van der Waals surface area contributed by atoms with Crippen molar-refractivity contribution in [3.8, 4) is 0 Å². The van der Waals surface area contributed by atoms with E-state index in [1.54, 1.807) is 23.3 Å². The molecular formula is C23H25FN4O2. The molecule has 4 rings (SSSR count). The average molecular weight is 408 g/mol. The van der Waals surface area contributed by atoms with Crippen LogP contribution in [-0.2, 0) is 13.1 Å². The molecular weight excluding hydrogens is 383 g/mol. The maximum Gasteiger partial charge on any atom is 0.322 e. The number of benzene rings is 1. The van der Waals surface area contributed by atoms with Crippen molar-refractivity contribution in [1.29, 1.82) is 0 Å². The van der Waals surface area contributed by atoms with Crippen LogP contribution < -0.4 is 5.32 Å². The van der Waals surface area contributed by atoms with Gasteiger partial charge in [-0.25, -0.2) is 9.18 Å². The summed E-state index contributed by atoms with van der Waals surface area (Å²) < 4.78 is 19.0. The third-order valence-electron chi connectivity index (χ3n) is 5.40. The van der Waals surface area contributed by atoms with Gasteiger partial charge in [-0.3, -0.25) is 9.88 Å². The molecule has 156 valence electrons. The number of nitrogens with zero attached hydrogens (tertiary/aromatic N) is 3. The molecule has 0 bridgehead atoms. The number of hydrogen-bond acceptors (Lipinski definition) is 4. The second kappa shape index (κ2) is 9.54. The number of aromatic nitrogens is 1. The maximum absolute atomic E-state index is 13.5. The van der Waals surface area contributed by atoms with Crippen LogP contribution >= 0.6 is 0 Å². The van der Waals surface area contributed by atoms with E-state index in [1.165, 1.54) is 17.7 Å². The van der Waals surface area contributed by atoms with E-state index in [0.717, 1.165) is 38.2 Å². The van der Waals surface area contributed by atoms with Crippen LogP contribution in [0.15, 0.2) is 71.6 Å². The highest BCUT2D eigenvalue weighted by molar-refractivity contribution is 5.89. The molecule has 1 fully saturated rings. The maximum atomic E-state index is 13.5. The molecule has 6 nitrogen and oxygen atoms in total. The van der Waals surface area contributed by atoms with E-state index >= 15 is 0 Å². The van der Waals surface area contributed by atoms with Gasteiger partial charge in [-0.15, -0.1) is 0 Å². The zero-order valence-corrected chi connectivity index (χ0v) is 16.7. The molecule has 1 aliphatic heterocycles. The molecule has 0 saturated carbocycles. The molecule has 2 amide bonds. The minimum absolute atomic E-state index is 0.0809. The summed E-state index contributed by atoms with van der Waals surface area (Å²) in [6.07, 6.45) is 6.95. The van der Waals surface area contributed by atoms with Crippen molar-refractivity contribution < 1.29 is 13.6 Å². The topological polar surface area (TPSA) is 61.6 Å². The van der Waals surface area contributed by atoms with E-state index in [9.17, 15) is 9.18 Å². The molecule has 0 aliphatic carbocycles. The van der Waals surface area contributed by atoms with Crippen LogP contribution in [0.4, 0.5) is 14.9 Å². The first-order chi connectivity index (χ1) is 14.7. The number of anilines is 1. The number of pyridine rings is 1. The standard InChI is InChI=1S/C23H25FN4O2/c24-19-3-1-4-20(15-19)26-23(29)28(17-22-5-2-14-30-22)21-8-12-27(13-9-21)16-18-6-10-25-11-7-18/h1-7,10-11,14-15,21H,8-9,12-13,16-17H2,(H,26,29). The van der Waals surface area contributed by atoms with Crippen molar-refractivity contribution in [2.24, 2.45) is 0 Å². The van der Waals surface area contributed by atoms with Gasteiger partial charge >= 0.3 is 6.03 Å². The molecule has 3 heterocycles. The Balaban J connectivity index is 1.41. The summed E-state index contributed by atoms with van der Waals surface area (Å²) in [6, 6.07) is 13.5. The number of amides is 2. The molecule has 7 heteroatoms. The SMILES string of the molecule is O=C(Nc1cccc(F)c1)N(Cc1ccco1)C1CCN(Cc2ccncc2)CC1. The number of likely N-dealkylation sites (tertiary alicyclic amines) is 1. The minimum Gasteiger partial charge on any atom is -0.467 e. The Morgan fingerprint density at radius 3 is 2.67 bits per heavy atom. The van der Waals surface area contributed by atoms with Crippen LogP contribution in [0.1, 0.15) is 24.2 Å². The number of carbonyl (C=O) groups is 1. The van der Waals surface area contributed by atoms with Crippen LogP contribution in [0, 0.1) is 5.82 Å². The molecule has 1 aliphatic rings. The van der Waals surface area contributed by atoms with E-state index in [4.69, 9.17) is 4.42 Å². The number of piperidine rings is 1. The molecule has 0 atom stereocenters. The van der Waals surface area contributed by atoms with Gasteiger partial charge in [0.25, 0.3) is 0 Å². The monoisotopic (exact) mass is 408 g/mol. The van der Waals surface area contributed by atoms with Gasteiger partial charge in [0.1, 0.15) is 11.6 Å². The summed E-state index contributed by atoms with van der Waals surface area (Å²) in [7, 11) is 0. The lowest BCUT2D eigenvalue weighted by Gasteiger charge is -2.38. The number of furan rings is 1. The quantitative estimate of drug-likeness (QED) is 0.652. The normalized spacial score (nSPS) is 15.1. The summed E-state index contributed by atoms with van der Waals surface area (Å²) in [5.41, 5.74) is 1.68. The van der Waals surface area contributed by atoms with Crippen molar-refractivity contribution in [3.05, 3.63) is 84.3 Å².